The standard InChI is InChI=1S/C13H14BrNO3/c1-2-18-12(13(16)17)8-15-7-10(14)9-5-3-4-6-11(9)15/h3-7,12H,2,8H2,1H3,(H,16,17). The Morgan fingerprint density at radius 2 is 2.22 bits per heavy atom. The third-order valence-corrected chi connectivity index (χ3v) is 3.38. The number of fused-ring (bicyclic) bond motifs is 1. The maximum atomic E-state index is 11.1. The van der Waals surface area contributed by atoms with Crippen molar-refractivity contribution in [3.8, 4) is 0 Å². The van der Waals surface area contributed by atoms with Gasteiger partial charge in [0.1, 0.15) is 0 Å². The lowest BCUT2D eigenvalue weighted by Gasteiger charge is -2.13. The highest BCUT2D eigenvalue weighted by Gasteiger charge is 2.19. The van der Waals surface area contributed by atoms with Crippen LogP contribution in [0.25, 0.3) is 10.9 Å². The van der Waals surface area contributed by atoms with Crippen LogP contribution in [0.3, 0.4) is 0 Å². The first-order valence-corrected chi connectivity index (χ1v) is 6.50. The number of carbonyl (C=O) groups is 1. The van der Waals surface area contributed by atoms with E-state index in [4.69, 9.17) is 9.84 Å². The van der Waals surface area contributed by atoms with Crippen LogP contribution in [-0.2, 0) is 16.1 Å². The molecule has 0 spiro atoms. The van der Waals surface area contributed by atoms with Gasteiger partial charge < -0.3 is 14.4 Å². The smallest absolute Gasteiger partial charge is 0.334 e. The number of ether oxygens (including phenoxy) is 1. The molecule has 1 heterocycles. The van der Waals surface area contributed by atoms with Gasteiger partial charge in [-0.05, 0) is 28.9 Å². The van der Waals surface area contributed by atoms with E-state index in [1.807, 2.05) is 35.0 Å². The maximum Gasteiger partial charge on any atom is 0.334 e. The van der Waals surface area contributed by atoms with Gasteiger partial charge in [-0.2, -0.15) is 0 Å². The van der Waals surface area contributed by atoms with Gasteiger partial charge in [0, 0.05) is 28.2 Å². The second-order valence-electron chi connectivity index (χ2n) is 3.93. The van der Waals surface area contributed by atoms with Gasteiger partial charge in [0.05, 0.1) is 6.54 Å². The van der Waals surface area contributed by atoms with Gasteiger partial charge in [-0.15, -0.1) is 0 Å². The van der Waals surface area contributed by atoms with E-state index in [1.165, 1.54) is 0 Å². The average molecular weight is 312 g/mol. The number of rotatable bonds is 5. The Morgan fingerprint density at radius 3 is 2.89 bits per heavy atom. The molecule has 1 aromatic heterocycles. The van der Waals surface area contributed by atoms with Gasteiger partial charge in [-0.25, -0.2) is 4.79 Å². The summed E-state index contributed by atoms with van der Waals surface area (Å²) in [5.74, 6) is -0.939. The number of nitrogens with zero attached hydrogens (tertiary/aromatic N) is 1. The Kier molecular flexibility index (Phi) is 4.04. The van der Waals surface area contributed by atoms with Gasteiger partial charge in [0.25, 0.3) is 0 Å². The summed E-state index contributed by atoms with van der Waals surface area (Å²) in [6.07, 6.45) is 1.07. The second kappa shape index (κ2) is 5.54. The molecule has 2 rings (SSSR count). The van der Waals surface area contributed by atoms with Gasteiger partial charge in [-0.3, -0.25) is 0 Å². The summed E-state index contributed by atoms with van der Waals surface area (Å²) in [6, 6.07) is 7.84. The molecule has 2 aromatic rings. The Balaban J connectivity index is 2.33. The second-order valence-corrected chi connectivity index (χ2v) is 4.78. The molecule has 0 amide bonds. The molecule has 1 N–H and O–H groups in total. The molecular weight excluding hydrogens is 298 g/mol. The van der Waals surface area contributed by atoms with Crippen LogP contribution in [-0.4, -0.2) is 28.4 Å². The highest BCUT2D eigenvalue weighted by atomic mass is 79.9. The topological polar surface area (TPSA) is 51.5 Å². The van der Waals surface area contributed by atoms with Gasteiger partial charge in [0.15, 0.2) is 6.10 Å². The van der Waals surface area contributed by atoms with Crippen LogP contribution in [0.15, 0.2) is 34.9 Å². The minimum atomic E-state index is -0.939. The number of carboxylic acids is 1. The Bertz CT molecular complexity index is 564. The quantitative estimate of drug-likeness (QED) is 0.923. The third kappa shape index (κ3) is 2.57. The van der Waals surface area contributed by atoms with Gasteiger partial charge in [0.2, 0.25) is 0 Å². The Morgan fingerprint density at radius 1 is 1.50 bits per heavy atom. The monoisotopic (exact) mass is 311 g/mol. The third-order valence-electron chi connectivity index (χ3n) is 2.75. The summed E-state index contributed by atoms with van der Waals surface area (Å²) in [6.45, 7) is 2.48. The fourth-order valence-corrected chi connectivity index (χ4v) is 2.52. The highest BCUT2D eigenvalue weighted by molar-refractivity contribution is 9.10. The Labute approximate surface area is 113 Å². The zero-order valence-corrected chi connectivity index (χ0v) is 11.6. The number of benzene rings is 1. The SMILES string of the molecule is CCOC(Cn1cc(Br)c2ccccc21)C(=O)O. The molecule has 0 fully saturated rings. The van der Waals surface area contributed by atoms with E-state index in [0.29, 0.717) is 13.2 Å². The number of hydrogen-bond donors (Lipinski definition) is 1. The van der Waals surface area contributed by atoms with Crippen molar-refractivity contribution in [2.75, 3.05) is 6.61 Å². The lowest BCUT2D eigenvalue weighted by molar-refractivity contribution is -0.150. The van der Waals surface area contributed by atoms with E-state index in [9.17, 15) is 4.79 Å². The molecule has 0 aliphatic heterocycles. The van der Waals surface area contributed by atoms with E-state index < -0.39 is 12.1 Å². The van der Waals surface area contributed by atoms with E-state index in [1.54, 1.807) is 6.92 Å². The van der Waals surface area contributed by atoms with E-state index in [0.717, 1.165) is 15.4 Å². The van der Waals surface area contributed by atoms with Gasteiger partial charge in [-0.1, -0.05) is 18.2 Å². The zero-order valence-electron chi connectivity index (χ0n) is 9.97. The number of hydrogen-bond acceptors (Lipinski definition) is 2. The minimum absolute atomic E-state index is 0.301. The largest absolute Gasteiger partial charge is 0.479 e. The lowest BCUT2D eigenvalue weighted by Crippen LogP contribution is -2.28. The normalized spacial score (nSPS) is 12.8. The lowest BCUT2D eigenvalue weighted by atomic mass is 10.2. The van der Waals surface area contributed by atoms with Crippen molar-refractivity contribution >= 4 is 32.8 Å². The van der Waals surface area contributed by atoms with E-state index in [-0.39, 0.29) is 0 Å². The molecule has 1 atom stereocenters. The van der Waals surface area contributed by atoms with Crippen LogP contribution in [0.1, 0.15) is 6.92 Å². The number of aliphatic carboxylic acids is 1. The molecule has 5 heteroatoms. The van der Waals surface area contributed by atoms with Crippen molar-refractivity contribution in [3.63, 3.8) is 0 Å². The summed E-state index contributed by atoms with van der Waals surface area (Å²) in [4.78, 5) is 11.1. The average Bonchev–Trinajstić information content (AvgIpc) is 2.66. The van der Waals surface area contributed by atoms with Crippen molar-refractivity contribution < 1.29 is 14.6 Å². The number of carboxylic acid groups (broad SMARTS) is 1. The Hall–Kier alpha value is -1.33. The van der Waals surface area contributed by atoms with Crippen LogP contribution >= 0.6 is 15.9 Å². The molecular formula is C13H14BrNO3. The van der Waals surface area contributed by atoms with E-state index >= 15 is 0 Å². The summed E-state index contributed by atoms with van der Waals surface area (Å²) >= 11 is 3.47. The molecule has 0 saturated heterocycles. The summed E-state index contributed by atoms with van der Waals surface area (Å²) in [5, 5.41) is 10.2. The van der Waals surface area contributed by atoms with Gasteiger partial charge >= 0.3 is 5.97 Å². The molecule has 1 unspecified atom stereocenters. The molecule has 1 aromatic carbocycles. The highest BCUT2D eigenvalue weighted by Crippen LogP contribution is 2.26. The summed E-state index contributed by atoms with van der Waals surface area (Å²) in [7, 11) is 0. The fraction of sp³-hybridized carbons (Fsp3) is 0.308. The van der Waals surface area contributed by atoms with Crippen molar-refractivity contribution in [2.45, 2.75) is 19.6 Å². The van der Waals surface area contributed by atoms with Crippen molar-refractivity contribution in [1.29, 1.82) is 0 Å². The first kappa shape index (κ1) is 13.1. The molecule has 0 aliphatic rings. The molecule has 0 saturated carbocycles. The van der Waals surface area contributed by atoms with E-state index in [2.05, 4.69) is 15.9 Å². The predicted molar refractivity (Wildman–Crippen MR) is 72.7 cm³/mol. The van der Waals surface area contributed by atoms with Crippen molar-refractivity contribution in [2.24, 2.45) is 0 Å². The van der Waals surface area contributed by atoms with Crippen molar-refractivity contribution in [3.05, 3.63) is 34.9 Å². The molecule has 0 aliphatic carbocycles. The van der Waals surface area contributed by atoms with Crippen LogP contribution in [0, 0.1) is 0 Å². The molecule has 96 valence electrons. The molecule has 0 bridgehead atoms. The van der Waals surface area contributed by atoms with Crippen molar-refractivity contribution in [1.82, 2.24) is 4.57 Å². The number of aromatic nitrogens is 1. The van der Waals surface area contributed by atoms with Crippen LogP contribution in [0.5, 0.6) is 0 Å². The van der Waals surface area contributed by atoms with Crippen LogP contribution in [0.2, 0.25) is 0 Å². The molecule has 4 nitrogen and oxygen atoms in total. The molecule has 0 radical (unpaired) electrons. The minimum Gasteiger partial charge on any atom is -0.479 e. The molecule has 18 heavy (non-hydrogen) atoms. The first-order valence-electron chi connectivity index (χ1n) is 5.71. The fourth-order valence-electron chi connectivity index (χ4n) is 1.93. The first-order chi connectivity index (χ1) is 8.63. The number of halogens is 1. The predicted octanol–water partition coefficient (Wildman–Crippen LogP) is 2.89. The zero-order chi connectivity index (χ0) is 13.1. The van der Waals surface area contributed by atoms with Crippen LogP contribution in [0.4, 0.5) is 0 Å². The maximum absolute atomic E-state index is 11.1. The summed E-state index contributed by atoms with van der Waals surface area (Å²) in [5.41, 5.74) is 0.996. The van der Waals surface area contributed by atoms with Crippen LogP contribution < -0.4 is 0 Å². The summed E-state index contributed by atoms with van der Waals surface area (Å²) < 4.78 is 8.08. The number of para-hydroxylation sites is 1.